The third-order valence-electron chi connectivity index (χ3n) is 5.00. The Labute approximate surface area is 187 Å². The molecule has 0 aliphatic carbocycles. The highest BCUT2D eigenvalue weighted by atomic mass is 127. The monoisotopic (exact) mass is 501 g/mol. The van der Waals surface area contributed by atoms with Gasteiger partial charge < -0.3 is 20.4 Å². The second kappa shape index (κ2) is 12.9. The Bertz CT molecular complexity index is 642. The normalized spacial score (nSPS) is 14.5. The van der Waals surface area contributed by atoms with Crippen molar-refractivity contribution >= 4 is 41.5 Å². The second-order valence-electron chi connectivity index (χ2n) is 7.03. The summed E-state index contributed by atoms with van der Waals surface area (Å²) < 4.78 is 0. The quantitative estimate of drug-likeness (QED) is 0.343. The van der Waals surface area contributed by atoms with Crippen LogP contribution >= 0.6 is 24.0 Å². The molecule has 0 bridgehead atoms. The minimum Gasteiger partial charge on any atom is -0.368 e. The average Bonchev–Trinajstić information content (AvgIpc) is 2.68. The van der Waals surface area contributed by atoms with Crippen LogP contribution in [0.25, 0.3) is 0 Å². The molecule has 1 fully saturated rings. The SMILES string of the molecule is CCCNC(=O)CCN=C(NCC)N1CCN(c2cccc(C)c2C)CC1.I. The number of nitrogens with zero attached hydrogens (tertiary/aromatic N) is 3. The van der Waals surface area contributed by atoms with Gasteiger partial charge in [-0.15, -0.1) is 24.0 Å². The summed E-state index contributed by atoms with van der Waals surface area (Å²) in [6, 6.07) is 6.52. The number of aliphatic imine (C=N–C) groups is 1. The molecule has 1 aliphatic rings. The van der Waals surface area contributed by atoms with Gasteiger partial charge in [0.2, 0.25) is 5.91 Å². The fourth-order valence-electron chi connectivity index (χ4n) is 3.28. The summed E-state index contributed by atoms with van der Waals surface area (Å²) in [6.07, 6.45) is 1.40. The summed E-state index contributed by atoms with van der Waals surface area (Å²) in [5, 5.41) is 6.27. The number of hydrogen-bond donors (Lipinski definition) is 2. The lowest BCUT2D eigenvalue weighted by molar-refractivity contribution is -0.120. The molecule has 7 heteroatoms. The van der Waals surface area contributed by atoms with Crippen molar-refractivity contribution in [3.05, 3.63) is 29.3 Å². The van der Waals surface area contributed by atoms with Gasteiger partial charge in [0.25, 0.3) is 0 Å². The molecule has 0 spiro atoms. The number of piperazine rings is 1. The first-order chi connectivity index (χ1) is 13.1. The topological polar surface area (TPSA) is 60.0 Å². The largest absolute Gasteiger partial charge is 0.368 e. The van der Waals surface area contributed by atoms with Gasteiger partial charge in [0.1, 0.15) is 0 Å². The van der Waals surface area contributed by atoms with Gasteiger partial charge in [-0.1, -0.05) is 19.1 Å². The molecular weight excluding hydrogens is 465 g/mol. The molecule has 0 atom stereocenters. The van der Waals surface area contributed by atoms with E-state index in [9.17, 15) is 4.79 Å². The molecule has 1 aromatic rings. The zero-order valence-corrected chi connectivity index (χ0v) is 20.1. The zero-order valence-electron chi connectivity index (χ0n) is 17.8. The Morgan fingerprint density at radius 2 is 1.82 bits per heavy atom. The number of anilines is 1. The first-order valence-electron chi connectivity index (χ1n) is 10.2. The third-order valence-corrected chi connectivity index (χ3v) is 5.00. The molecule has 0 aromatic heterocycles. The lowest BCUT2D eigenvalue weighted by Crippen LogP contribution is -2.52. The van der Waals surface area contributed by atoms with Crippen LogP contribution in [-0.2, 0) is 4.79 Å². The van der Waals surface area contributed by atoms with Gasteiger partial charge in [-0.3, -0.25) is 9.79 Å². The van der Waals surface area contributed by atoms with Crippen LogP contribution in [0.15, 0.2) is 23.2 Å². The highest BCUT2D eigenvalue weighted by Gasteiger charge is 2.21. The molecular formula is C21H36IN5O. The van der Waals surface area contributed by atoms with E-state index in [0.717, 1.165) is 51.6 Å². The molecule has 0 unspecified atom stereocenters. The lowest BCUT2D eigenvalue weighted by atomic mass is 10.1. The Balaban J connectivity index is 0.00000392. The zero-order chi connectivity index (χ0) is 19.6. The van der Waals surface area contributed by atoms with Crippen molar-refractivity contribution in [1.82, 2.24) is 15.5 Å². The maximum Gasteiger partial charge on any atom is 0.221 e. The van der Waals surface area contributed by atoms with Crippen molar-refractivity contribution in [3.63, 3.8) is 0 Å². The van der Waals surface area contributed by atoms with Crippen molar-refractivity contribution in [2.24, 2.45) is 4.99 Å². The van der Waals surface area contributed by atoms with E-state index in [2.05, 4.69) is 71.3 Å². The second-order valence-corrected chi connectivity index (χ2v) is 7.03. The number of amides is 1. The van der Waals surface area contributed by atoms with Crippen LogP contribution in [0, 0.1) is 13.8 Å². The summed E-state index contributed by atoms with van der Waals surface area (Å²) in [5.74, 6) is 0.998. The number of guanidine groups is 1. The average molecular weight is 501 g/mol. The van der Waals surface area contributed by atoms with E-state index in [1.807, 2.05) is 0 Å². The maximum atomic E-state index is 11.8. The number of aryl methyl sites for hydroxylation is 1. The molecule has 1 aromatic carbocycles. The van der Waals surface area contributed by atoms with Crippen molar-refractivity contribution in [2.75, 3.05) is 50.7 Å². The summed E-state index contributed by atoms with van der Waals surface area (Å²) in [5.41, 5.74) is 4.04. The van der Waals surface area contributed by atoms with Gasteiger partial charge in [-0.25, -0.2) is 0 Å². The van der Waals surface area contributed by atoms with Crippen molar-refractivity contribution in [3.8, 4) is 0 Å². The molecule has 1 saturated heterocycles. The van der Waals surface area contributed by atoms with Gasteiger partial charge in [-0.05, 0) is 44.4 Å². The van der Waals surface area contributed by atoms with Gasteiger partial charge in [0, 0.05) is 51.4 Å². The van der Waals surface area contributed by atoms with Crippen LogP contribution in [0.4, 0.5) is 5.69 Å². The van der Waals surface area contributed by atoms with Crippen molar-refractivity contribution in [1.29, 1.82) is 0 Å². The fourth-order valence-corrected chi connectivity index (χ4v) is 3.28. The Hall–Kier alpha value is -1.51. The van der Waals surface area contributed by atoms with Crippen LogP contribution in [0.5, 0.6) is 0 Å². The van der Waals surface area contributed by atoms with Gasteiger partial charge in [0.15, 0.2) is 5.96 Å². The lowest BCUT2D eigenvalue weighted by Gasteiger charge is -2.38. The van der Waals surface area contributed by atoms with E-state index < -0.39 is 0 Å². The Kier molecular flexibility index (Phi) is 11.3. The van der Waals surface area contributed by atoms with Crippen LogP contribution in [0.1, 0.15) is 37.8 Å². The summed E-state index contributed by atoms with van der Waals surface area (Å²) in [7, 11) is 0. The van der Waals surface area contributed by atoms with Crippen LogP contribution in [0.2, 0.25) is 0 Å². The van der Waals surface area contributed by atoms with E-state index in [-0.39, 0.29) is 29.9 Å². The molecule has 6 nitrogen and oxygen atoms in total. The molecule has 2 rings (SSSR count). The first kappa shape index (κ1) is 24.5. The van der Waals surface area contributed by atoms with Crippen LogP contribution in [-0.4, -0.2) is 62.6 Å². The van der Waals surface area contributed by atoms with Gasteiger partial charge in [-0.2, -0.15) is 0 Å². The fraction of sp³-hybridized carbons (Fsp3) is 0.619. The summed E-state index contributed by atoms with van der Waals surface area (Å²) >= 11 is 0. The molecule has 1 aliphatic heterocycles. The van der Waals surface area contributed by atoms with Crippen LogP contribution < -0.4 is 15.5 Å². The summed E-state index contributed by atoms with van der Waals surface area (Å²) in [4.78, 5) is 21.2. The predicted molar refractivity (Wildman–Crippen MR) is 129 cm³/mol. The van der Waals surface area contributed by atoms with Crippen molar-refractivity contribution < 1.29 is 4.79 Å². The van der Waals surface area contributed by atoms with E-state index >= 15 is 0 Å². The molecule has 158 valence electrons. The van der Waals surface area contributed by atoms with E-state index in [1.54, 1.807) is 0 Å². The van der Waals surface area contributed by atoms with E-state index in [0.29, 0.717) is 13.0 Å². The van der Waals surface area contributed by atoms with E-state index in [1.165, 1.54) is 16.8 Å². The summed E-state index contributed by atoms with van der Waals surface area (Å²) in [6.45, 7) is 14.4. The number of halogens is 1. The van der Waals surface area contributed by atoms with Crippen molar-refractivity contribution in [2.45, 2.75) is 40.5 Å². The molecule has 28 heavy (non-hydrogen) atoms. The number of rotatable bonds is 7. The first-order valence-corrected chi connectivity index (χ1v) is 10.2. The molecule has 0 radical (unpaired) electrons. The standard InChI is InChI=1S/C21H35N5O.HI/c1-5-11-23-20(27)10-12-24-21(22-6-2)26-15-13-25(14-16-26)19-9-7-8-17(3)18(19)4;/h7-9H,5-6,10-16H2,1-4H3,(H,22,24)(H,23,27);1H. The minimum atomic E-state index is 0. The molecule has 1 heterocycles. The smallest absolute Gasteiger partial charge is 0.221 e. The third kappa shape index (κ3) is 7.14. The number of carbonyl (C=O) groups is 1. The number of carbonyl (C=O) groups excluding carboxylic acids is 1. The highest BCUT2D eigenvalue weighted by Crippen LogP contribution is 2.23. The minimum absolute atomic E-state index is 0. The van der Waals surface area contributed by atoms with Gasteiger partial charge in [0.05, 0.1) is 6.54 Å². The van der Waals surface area contributed by atoms with E-state index in [4.69, 9.17) is 0 Å². The molecule has 0 saturated carbocycles. The van der Waals surface area contributed by atoms with Gasteiger partial charge >= 0.3 is 0 Å². The molecule has 1 amide bonds. The Morgan fingerprint density at radius 1 is 1.11 bits per heavy atom. The Morgan fingerprint density at radius 3 is 2.46 bits per heavy atom. The maximum absolute atomic E-state index is 11.8. The predicted octanol–water partition coefficient (Wildman–Crippen LogP) is 2.93. The number of hydrogen-bond acceptors (Lipinski definition) is 3. The number of benzene rings is 1. The number of nitrogens with one attached hydrogen (secondary N) is 2. The van der Waals surface area contributed by atoms with Crippen LogP contribution in [0.3, 0.4) is 0 Å². The molecule has 2 N–H and O–H groups in total. The highest BCUT2D eigenvalue weighted by molar-refractivity contribution is 14.0.